The van der Waals surface area contributed by atoms with E-state index in [1.807, 2.05) is 0 Å². The van der Waals surface area contributed by atoms with E-state index in [4.69, 9.17) is 30.8 Å². The van der Waals surface area contributed by atoms with E-state index in [0.29, 0.717) is 0 Å². The van der Waals surface area contributed by atoms with Crippen LogP contribution < -0.4 is 29.6 Å². The molecule has 0 aliphatic rings. The molecule has 7 nitrogen and oxygen atoms in total. The minimum Gasteiger partial charge on any atom is -1.00 e. The molecule has 0 heterocycles. The van der Waals surface area contributed by atoms with Gasteiger partial charge in [-0.1, -0.05) is 0 Å². The number of hydrogen-bond donors (Lipinski definition) is 3. The molecule has 0 aromatic heterocycles. The quantitative estimate of drug-likeness (QED) is 0.206. The van der Waals surface area contributed by atoms with Crippen LogP contribution in [0.5, 0.6) is 0 Å². The third-order valence-electron chi connectivity index (χ3n) is 0. The zero-order valence-corrected chi connectivity index (χ0v) is 8.42. The van der Waals surface area contributed by atoms with Crippen molar-refractivity contribution in [2.24, 2.45) is 0 Å². The van der Waals surface area contributed by atoms with Crippen LogP contribution in [0.2, 0.25) is 0 Å². The summed E-state index contributed by atoms with van der Waals surface area (Å²) in [6.45, 7) is 0. The summed E-state index contributed by atoms with van der Waals surface area (Å²) in [6.07, 6.45) is 0. The fourth-order valence-corrected chi connectivity index (χ4v) is 0. The van der Waals surface area contributed by atoms with E-state index in [2.05, 4.69) is 0 Å². The van der Waals surface area contributed by atoms with Gasteiger partial charge in [0.1, 0.15) is 0 Å². The van der Waals surface area contributed by atoms with Crippen LogP contribution in [0.15, 0.2) is 0 Å². The third-order valence-corrected chi connectivity index (χ3v) is 0. The summed E-state index contributed by atoms with van der Waals surface area (Å²) in [5, 5.41) is 0. The third kappa shape index (κ3) is 638. The summed E-state index contributed by atoms with van der Waals surface area (Å²) in [7, 11) is -4.67. The zero-order valence-electron chi connectivity index (χ0n) is 5.79. The Morgan fingerprint density at radius 2 is 1.40 bits per heavy atom. The van der Waals surface area contributed by atoms with E-state index in [1.54, 1.807) is 0 Å². The SMILES string of the molecule is O=S(=O)(O)O.O=S([O-])O.[H-].[Na+]. The maximum atomic E-state index is 8.74. The van der Waals surface area contributed by atoms with E-state index in [-0.39, 0.29) is 31.0 Å². The van der Waals surface area contributed by atoms with Gasteiger partial charge in [0.05, 0.1) is 11.4 Å². The Balaban J connectivity index is -0.0000000383. The molecule has 0 amide bonds. The maximum Gasteiger partial charge on any atom is 1.00 e. The molecule has 0 spiro atoms. The Kier molecular flexibility index (Phi) is 13.8. The summed E-state index contributed by atoms with van der Waals surface area (Å²) in [5.74, 6) is 0. The first-order valence-corrected chi connectivity index (χ1v) is 3.64. The van der Waals surface area contributed by atoms with E-state index in [1.165, 1.54) is 0 Å². The molecule has 0 rings (SSSR count). The zero-order chi connectivity index (χ0) is 8.08. The average Bonchev–Trinajstić information content (AvgIpc) is 1.19. The number of rotatable bonds is 0. The second kappa shape index (κ2) is 8.04. The topological polar surface area (TPSA) is 135 Å². The van der Waals surface area contributed by atoms with Crippen LogP contribution in [0.25, 0.3) is 0 Å². The Morgan fingerprint density at radius 1 is 1.40 bits per heavy atom. The first-order valence-electron chi connectivity index (χ1n) is 1.21. The summed E-state index contributed by atoms with van der Waals surface area (Å²) in [5.41, 5.74) is 0. The first-order chi connectivity index (χ1) is 3.73. The van der Waals surface area contributed by atoms with Gasteiger partial charge >= 0.3 is 40.0 Å². The van der Waals surface area contributed by atoms with Crippen LogP contribution >= 0.6 is 0 Å². The summed E-state index contributed by atoms with van der Waals surface area (Å²) in [4.78, 5) is 0. The van der Waals surface area contributed by atoms with Gasteiger partial charge in [0.15, 0.2) is 0 Å². The fourth-order valence-electron chi connectivity index (χ4n) is 0. The molecule has 0 saturated carbocycles. The molecule has 0 saturated heterocycles. The van der Waals surface area contributed by atoms with Crippen molar-refractivity contribution in [1.82, 2.24) is 0 Å². The van der Waals surface area contributed by atoms with Crippen molar-refractivity contribution < 1.29 is 61.8 Å². The van der Waals surface area contributed by atoms with Gasteiger partial charge < -0.3 is 10.5 Å². The predicted molar refractivity (Wildman–Crippen MR) is 26.8 cm³/mol. The van der Waals surface area contributed by atoms with Gasteiger partial charge in [-0.3, -0.25) is 9.11 Å². The average molecular weight is 203 g/mol. The Morgan fingerprint density at radius 3 is 1.40 bits per heavy atom. The van der Waals surface area contributed by atoms with E-state index in [9.17, 15) is 0 Å². The Labute approximate surface area is 83.3 Å². The van der Waals surface area contributed by atoms with Gasteiger partial charge in [0.2, 0.25) is 0 Å². The molecule has 0 aromatic rings. The predicted octanol–water partition coefficient (Wildman–Crippen LogP) is -4.20. The second-order valence-electron chi connectivity index (χ2n) is 0.665. The molecule has 0 radical (unpaired) electrons. The van der Waals surface area contributed by atoms with Crippen molar-refractivity contribution in [2.75, 3.05) is 0 Å². The molecule has 10 heteroatoms. The van der Waals surface area contributed by atoms with Crippen LogP contribution in [0.3, 0.4) is 0 Å². The maximum absolute atomic E-state index is 8.74. The molecule has 60 valence electrons. The smallest absolute Gasteiger partial charge is 1.00 e. The van der Waals surface area contributed by atoms with Gasteiger partial charge in [-0.25, -0.2) is 4.21 Å². The van der Waals surface area contributed by atoms with E-state index < -0.39 is 21.8 Å². The minimum atomic E-state index is -4.67. The molecule has 0 aliphatic carbocycles. The van der Waals surface area contributed by atoms with Crippen molar-refractivity contribution in [2.45, 2.75) is 0 Å². The van der Waals surface area contributed by atoms with Crippen molar-refractivity contribution in [3.8, 4) is 0 Å². The molecule has 0 aromatic carbocycles. The summed E-state index contributed by atoms with van der Waals surface area (Å²) >= 11 is -2.86. The van der Waals surface area contributed by atoms with Gasteiger partial charge in [-0.2, -0.15) is 8.42 Å². The molecular formula is H4NaO7S2-. The molecule has 10 heavy (non-hydrogen) atoms. The molecule has 0 aliphatic heterocycles. The van der Waals surface area contributed by atoms with Crippen molar-refractivity contribution in [3.05, 3.63) is 0 Å². The van der Waals surface area contributed by atoms with Gasteiger partial charge in [0.25, 0.3) is 0 Å². The largest absolute Gasteiger partial charge is 1.00 e. The van der Waals surface area contributed by atoms with Crippen LogP contribution in [0.1, 0.15) is 1.43 Å². The Hall–Kier alpha value is 0.940. The van der Waals surface area contributed by atoms with Crippen LogP contribution in [0.4, 0.5) is 0 Å². The van der Waals surface area contributed by atoms with Crippen LogP contribution in [-0.4, -0.2) is 30.8 Å². The minimum absolute atomic E-state index is 0. The monoisotopic (exact) mass is 203 g/mol. The molecule has 3 N–H and O–H groups in total. The molecule has 0 fully saturated rings. The van der Waals surface area contributed by atoms with Gasteiger partial charge in [-0.05, 0) is 0 Å². The van der Waals surface area contributed by atoms with Gasteiger partial charge in [0, 0.05) is 0 Å². The van der Waals surface area contributed by atoms with Gasteiger partial charge in [-0.15, -0.1) is 0 Å². The summed E-state index contributed by atoms with van der Waals surface area (Å²) < 4.78 is 55.7. The van der Waals surface area contributed by atoms with Crippen LogP contribution in [-0.2, 0) is 21.8 Å². The van der Waals surface area contributed by atoms with Crippen LogP contribution in [0, 0.1) is 0 Å². The molecule has 1 atom stereocenters. The molecular weight excluding hydrogens is 199 g/mol. The number of hydrogen-bond acceptors (Lipinski definition) is 4. The van der Waals surface area contributed by atoms with E-state index >= 15 is 0 Å². The summed E-state index contributed by atoms with van der Waals surface area (Å²) in [6, 6.07) is 0. The molecule has 1 unspecified atom stereocenters. The standard InChI is InChI=1S/Na.H2O4S.H2O3S.H/c;1-5(2,3)4;1-4(2)3;/h;(H2,1,2,3,4);(H2,1,2,3);/q+1;;;-1/p-1. The van der Waals surface area contributed by atoms with Crippen molar-refractivity contribution in [1.29, 1.82) is 0 Å². The second-order valence-corrected chi connectivity index (χ2v) is 1.99. The first kappa shape index (κ1) is 17.1. The normalized spacial score (nSPS) is 12.0. The molecule has 0 bridgehead atoms. The van der Waals surface area contributed by atoms with Crippen molar-refractivity contribution >= 4 is 21.8 Å². The Bertz CT molecular complexity index is 159. The fraction of sp³-hybridized carbons (Fsp3) is 0. The van der Waals surface area contributed by atoms with E-state index in [0.717, 1.165) is 0 Å². The van der Waals surface area contributed by atoms with Crippen molar-refractivity contribution in [3.63, 3.8) is 0 Å².